The van der Waals surface area contributed by atoms with Gasteiger partial charge in [0, 0.05) is 6.42 Å². The Hall–Kier alpha value is -1.46. The number of aromatic nitrogens is 4. The smallest absolute Gasteiger partial charge is 0.329 e. The Morgan fingerprint density at radius 1 is 0.957 bits per heavy atom. The second kappa shape index (κ2) is 13.0. The molecule has 23 heavy (non-hydrogen) atoms. The summed E-state index contributed by atoms with van der Waals surface area (Å²) in [5.74, 6) is 0.393. The van der Waals surface area contributed by atoms with Crippen LogP contribution in [0.25, 0.3) is 0 Å². The van der Waals surface area contributed by atoms with Crippen molar-refractivity contribution in [2.24, 2.45) is 0 Å². The van der Waals surface area contributed by atoms with E-state index in [1.165, 1.54) is 62.6 Å². The van der Waals surface area contributed by atoms with E-state index >= 15 is 0 Å². The van der Waals surface area contributed by atoms with Crippen molar-refractivity contribution in [3.8, 4) is 0 Å². The van der Waals surface area contributed by atoms with Crippen LogP contribution in [0.2, 0.25) is 0 Å². The number of nitrogens with zero attached hydrogens (tertiary/aromatic N) is 4. The minimum absolute atomic E-state index is 0.0405. The highest BCUT2D eigenvalue weighted by atomic mass is 16.5. The third kappa shape index (κ3) is 10.0. The molecule has 0 aliphatic carbocycles. The van der Waals surface area contributed by atoms with Crippen molar-refractivity contribution in [1.29, 1.82) is 0 Å². The van der Waals surface area contributed by atoms with Gasteiger partial charge in [-0.15, -0.1) is 10.2 Å². The van der Waals surface area contributed by atoms with Crippen LogP contribution in [0.15, 0.2) is 0 Å². The zero-order chi connectivity index (χ0) is 16.8. The summed E-state index contributed by atoms with van der Waals surface area (Å²) in [4.78, 5) is 12.6. The Labute approximate surface area is 140 Å². The Kier molecular flexibility index (Phi) is 11.1. The van der Waals surface area contributed by atoms with Crippen molar-refractivity contribution in [1.82, 2.24) is 20.2 Å². The summed E-state index contributed by atoms with van der Waals surface area (Å²) in [5.41, 5.74) is 0. The number of carbonyl (C=O) groups is 1. The topological polar surface area (TPSA) is 69.9 Å². The van der Waals surface area contributed by atoms with Gasteiger partial charge in [-0.1, -0.05) is 64.7 Å². The molecule has 6 nitrogen and oxygen atoms in total. The predicted molar refractivity (Wildman–Crippen MR) is 90.0 cm³/mol. The highest BCUT2D eigenvalue weighted by Gasteiger charge is 2.07. The van der Waals surface area contributed by atoms with E-state index in [4.69, 9.17) is 4.74 Å². The van der Waals surface area contributed by atoms with E-state index in [1.54, 1.807) is 6.92 Å². The molecule has 1 aromatic rings. The highest BCUT2D eigenvalue weighted by molar-refractivity contribution is 5.68. The van der Waals surface area contributed by atoms with Crippen LogP contribution < -0.4 is 0 Å². The number of carbonyl (C=O) groups excluding carboxylic acids is 1. The van der Waals surface area contributed by atoms with Crippen LogP contribution in [0.5, 0.6) is 0 Å². The number of esters is 1. The minimum Gasteiger partial charge on any atom is -0.465 e. The van der Waals surface area contributed by atoms with Gasteiger partial charge >= 0.3 is 5.97 Å². The van der Waals surface area contributed by atoms with Gasteiger partial charge in [-0.3, -0.25) is 0 Å². The van der Waals surface area contributed by atoms with E-state index in [2.05, 4.69) is 22.3 Å². The zero-order valence-corrected chi connectivity index (χ0v) is 14.8. The lowest BCUT2D eigenvalue weighted by atomic mass is 10.1. The average Bonchev–Trinajstić information content (AvgIpc) is 2.96. The molecule has 0 spiro atoms. The molecule has 1 aromatic heterocycles. The summed E-state index contributed by atoms with van der Waals surface area (Å²) in [6, 6.07) is 0. The van der Waals surface area contributed by atoms with Gasteiger partial charge < -0.3 is 4.74 Å². The van der Waals surface area contributed by atoms with Crippen LogP contribution in [-0.2, 0) is 22.5 Å². The van der Waals surface area contributed by atoms with Crippen LogP contribution in [0.4, 0.5) is 0 Å². The Morgan fingerprint density at radius 3 is 2.17 bits per heavy atom. The van der Waals surface area contributed by atoms with Gasteiger partial charge in [0.25, 0.3) is 0 Å². The number of hydrogen-bond donors (Lipinski definition) is 0. The van der Waals surface area contributed by atoms with Crippen LogP contribution in [0.1, 0.15) is 83.9 Å². The summed E-state index contributed by atoms with van der Waals surface area (Å²) in [6.07, 6.45) is 14.0. The van der Waals surface area contributed by atoms with E-state index in [1.807, 2.05) is 0 Å². The van der Waals surface area contributed by atoms with E-state index in [0.29, 0.717) is 12.4 Å². The van der Waals surface area contributed by atoms with Crippen LogP contribution in [-0.4, -0.2) is 32.8 Å². The van der Waals surface area contributed by atoms with Gasteiger partial charge in [-0.25, -0.2) is 4.79 Å². The van der Waals surface area contributed by atoms with E-state index < -0.39 is 0 Å². The number of ether oxygens (including phenoxy) is 1. The van der Waals surface area contributed by atoms with Crippen LogP contribution in [0.3, 0.4) is 0 Å². The fraction of sp³-hybridized carbons (Fsp3) is 0.882. The Morgan fingerprint density at radius 2 is 1.57 bits per heavy atom. The molecule has 0 atom stereocenters. The molecule has 0 N–H and O–H groups in total. The molecule has 0 aliphatic rings. The molecule has 0 radical (unpaired) electrons. The van der Waals surface area contributed by atoms with Crippen molar-refractivity contribution in [3.63, 3.8) is 0 Å². The molecule has 0 aliphatic heterocycles. The van der Waals surface area contributed by atoms with Gasteiger partial charge in [0.05, 0.1) is 6.61 Å². The summed E-state index contributed by atoms with van der Waals surface area (Å²) in [7, 11) is 0. The van der Waals surface area contributed by atoms with Crippen molar-refractivity contribution in [2.75, 3.05) is 6.61 Å². The van der Waals surface area contributed by atoms with Gasteiger partial charge in [0.1, 0.15) is 0 Å². The lowest BCUT2D eigenvalue weighted by Gasteiger charge is -2.01. The van der Waals surface area contributed by atoms with Crippen LogP contribution >= 0.6 is 0 Å². The molecule has 1 heterocycles. The molecule has 0 fully saturated rings. The zero-order valence-electron chi connectivity index (χ0n) is 14.8. The van der Waals surface area contributed by atoms with Crippen LogP contribution in [0, 0.1) is 0 Å². The summed E-state index contributed by atoms with van der Waals surface area (Å²) >= 11 is 0. The maximum absolute atomic E-state index is 11.3. The van der Waals surface area contributed by atoms with E-state index in [-0.39, 0.29) is 12.5 Å². The first-order valence-corrected chi connectivity index (χ1v) is 9.18. The van der Waals surface area contributed by atoms with Crippen molar-refractivity contribution in [3.05, 3.63) is 5.82 Å². The molecule has 0 saturated heterocycles. The van der Waals surface area contributed by atoms with E-state index in [9.17, 15) is 4.79 Å². The average molecular weight is 324 g/mol. The normalized spacial score (nSPS) is 10.9. The largest absolute Gasteiger partial charge is 0.465 e. The lowest BCUT2D eigenvalue weighted by molar-refractivity contribution is -0.144. The standard InChI is InChI=1S/C17H32N4O2/c1-3-5-6-7-8-9-10-11-12-13-14-16-18-20-21(19-16)15-17(22)23-4-2/h3-15H2,1-2H3. The second-order valence-electron chi connectivity index (χ2n) is 5.97. The molecule has 0 bridgehead atoms. The quantitative estimate of drug-likeness (QED) is 0.385. The first kappa shape index (κ1) is 19.6. The molecule has 0 saturated carbocycles. The second-order valence-corrected chi connectivity index (χ2v) is 5.97. The summed E-state index contributed by atoms with van der Waals surface area (Å²) in [6.45, 7) is 4.45. The molecule has 0 aromatic carbocycles. The predicted octanol–water partition coefficient (Wildman–Crippen LogP) is 3.70. The van der Waals surface area contributed by atoms with Gasteiger partial charge in [0.15, 0.2) is 12.4 Å². The first-order valence-electron chi connectivity index (χ1n) is 9.18. The third-order valence-corrected chi connectivity index (χ3v) is 3.82. The number of rotatable bonds is 14. The Balaban J connectivity index is 1.99. The maximum Gasteiger partial charge on any atom is 0.329 e. The summed E-state index contributed by atoms with van der Waals surface area (Å²) in [5, 5.41) is 12.1. The maximum atomic E-state index is 11.3. The molecule has 6 heteroatoms. The lowest BCUT2D eigenvalue weighted by Crippen LogP contribution is -2.15. The number of hydrogen-bond acceptors (Lipinski definition) is 5. The monoisotopic (exact) mass is 324 g/mol. The molecule has 132 valence electrons. The number of unbranched alkanes of at least 4 members (excludes halogenated alkanes) is 9. The molecular weight excluding hydrogens is 292 g/mol. The Bertz CT molecular complexity index is 420. The van der Waals surface area contributed by atoms with Crippen molar-refractivity contribution in [2.45, 2.75) is 91.0 Å². The number of aryl methyl sites for hydroxylation is 1. The first-order chi connectivity index (χ1) is 11.3. The molecule has 0 unspecified atom stereocenters. The molecular formula is C17H32N4O2. The van der Waals surface area contributed by atoms with Crippen molar-refractivity contribution < 1.29 is 9.53 Å². The summed E-state index contributed by atoms with van der Waals surface area (Å²) < 4.78 is 4.85. The van der Waals surface area contributed by atoms with Gasteiger partial charge in [-0.2, -0.15) is 4.80 Å². The molecule has 0 amide bonds. The van der Waals surface area contributed by atoms with Crippen molar-refractivity contribution >= 4 is 5.97 Å². The molecule has 1 rings (SSSR count). The number of tetrazole rings is 1. The van der Waals surface area contributed by atoms with Gasteiger partial charge in [-0.05, 0) is 18.6 Å². The SMILES string of the molecule is CCCCCCCCCCCCc1nnn(CC(=O)OCC)n1. The minimum atomic E-state index is -0.324. The fourth-order valence-corrected chi connectivity index (χ4v) is 2.54. The third-order valence-electron chi connectivity index (χ3n) is 3.82. The highest BCUT2D eigenvalue weighted by Crippen LogP contribution is 2.11. The fourth-order valence-electron chi connectivity index (χ4n) is 2.54. The van der Waals surface area contributed by atoms with Gasteiger partial charge in [0.2, 0.25) is 0 Å². The van der Waals surface area contributed by atoms with E-state index in [0.717, 1.165) is 12.8 Å².